The average Bonchev–Trinajstić information content (AvgIpc) is 3.04. The molecule has 1 aliphatic carbocycles. The van der Waals surface area contributed by atoms with Crippen LogP contribution in [0.4, 0.5) is 0 Å². The molecule has 0 saturated carbocycles. The molecular formula is C38H26N4. The van der Waals surface area contributed by atoms with E-state index >= 15 is 0 Å². The molecule has 0 fully saturated rings. The van der Waals surface area contributed by atoms with Crippen LogP contribution in [-0.4, -0.2) is 15.0 Å². The van der Waals surface area contributed by atoms with Crippen LogP contribution in [0.2, 0.25) is 0 Å². The lowest BCUT2D eigenvalue weighted by molar-refractivity contribution is 0.701. The predicted molar refractivity (Wildman–Crippen MR) is 170 cm³/mol. The Hall–Kier alpha value is -5.53. The molecule has 1 atom stereocenters. The number of dihydropyridines is 1. The molecule has 3 aromatic carbocycles. The van der Waals surface area contributed by atoms with E-state index in [0.717, 1.165) is 72.5 Å². The van der Waals surface area contributed by atoms with Crippen molar-refractivity contribution in [2.75, 3.05) is 0 Å². The first-order valence-electron chi connectivity index (χ1n) is 14.2. The van der Waals surface area contributed by atoms with Gasteiger partial charge in [0.2, 0.25) is 0 Å². The Morgan fingerprint density at radius 2 is 1.29 bits per heavy atom. The number of rotatable bonds is 3. The Bertz CT molecular complexity index is 2120. The topological polar surface area (TPSA) is 50.7 Å². The zero-order chi connectivity index (χ0) is 28.2. The third kappa shape index (κ3) is 4.15. The van der Waals surface area contributed by atoms with E-state index in [1.807, 2.05) is 26.0 Å². The lowest BCUT2D eigenvalue weighted by Gasteiger charge is -2.29. The number of nitrogens with zero attached hydrogens (tertiary/aromatic N) is 3. The van der Waals surface area contributed by atoms with E-state index in [1.165, 1.54) is 11.1 Å². The number of aryl methyl sites for hydroxylation is 2. The van der Waals surface area contributed by atoms with E-state index in [0.29, 0.717) is 0 Å². The second-order valence-electron chi connectivity index (χ2n) is 10.9. The standard InChI is InChI=1S/C38H26N4/c1-23-3-5-29-15-17-31-19-21-33(41-37(31)35(29)39-23)27-11-7-25(8-12-27)26-9-13-28(14-10-26)34-22-20-32-18-16-30-6-4-24(2)40-36(30)38(32)42-34/h3-19,21,37,41H,1-2H3. The molecule has 0 radical (unpaired) electrons. The van der Waals surface area contributed by atoms with Crippen molar-refractivity contribution in [2.24, 2.45) is 0 Å². The lowest BCUT2D eigenvalue weighted by atomic mass is 9.89. The summed E-state index contributed by atoms with van der Waals surface area (Å²) in [7, 11) is 0. The number of hydrogen-bond donors (Lipinski definition) is 1. The minimum absolute atomic E-state index is 0.0627. The second kappa shape index (κ2) is 9.54. The summed E-state index contributed by atoms with van der Waals surface area (Å²) < 4.78 is 0. The van der Waals surface area contributed by atoms with Crippen molar-refractivity contribution < 1.29 is 0 Å². The van der Waals surface area contributed by atoms with Crippen molar-refractivity contribution in [3.63, 3.8) is 0 Å². The Kier molecular flexibility index (Phi) is 5.51. The first kappa shape index (κ1) is 24.3. The maximum Gasteiger partial charge on any atom is 0.121 e. The molecule has 0 spiro atoms. The van der Waals surface area contributed by atoms with Crippen molar-refractivity contribution in [3.8, 4) is 22.4 Å². The Labute approximate surface area is 244 Å². The van der Waals surface area contributed by atoms with Gasteiger partial charge < -0.3 is 5.32 Å². The van der Waals surface area contributed by atoms with Crippen LogP contribution in [0.15, 0.2) is 109 Å². The molecule has 3 aromatic heterocycles. The van der Waals surface area contributed by atoms with Crippen molar-refractivity contribution in [1.29, 1.82) is 0 Å². The summed E-state index contributed by atoms with van der Waals surface area (Å²) in [5.41, 5.74) is 13.6. The number of allylic oxidation sites excluding steroid dienone is 2. The van der Waals surface area contributed by atoms with Crippen LogP contribution in [-0.2, 0) is 0 Å². The molecule has 198 valence electrons. The molecule has 1 N–H and O–H groups in total. The lowest BCUT2D eigenvalue weighted by Crippen LogP contribution is -2.27. The van der Waals surface area contributed by atoms with E-state index in [-0.39, 0.29) is 6.04 Å². The summed E-state index contributed by atoms with van der Waals surface area (Å²) in [6.07, 6.45) is 8.68. The van der Waals surface area contributed by atoms with Gasteiger partial charge in [0.15, 0.2) is 0 Å². The minimum atomic E-state index is 0.0627. The van der Waals surface area contributed by atoms with Gasteiger partial charge in [0.25, 0.3) is 0 Å². The smallest absolute Gasteiger partial charge is 0.121 e. The summed E-state index contributed by atoms with van der Waals surface area (Å²) in [6, 6.07) is 36.2. The van der Waals surface area contributed by atoms with Crippen LogP contribution in [0, 0.1) is 26.0 Å². The fourth-order valence-electron chi connectivity index (χ4n) is 5.82. The van der Waals surface area contributed by atoms with Gasteiger partial charge in [-0.2, -0.15) is 0 Å². The number of aromatic nitrogens is 3. The number of benzene rings is 3. The number of hydrogen-bond acceptors (Lipinski definition) is 4. The Morgan fingerprint density at radius 3 is 2.10 bits per heavy atom. The highest BCUT2D eigenvalue weighted by Gasteiger charge is 2.25. The molecule has 0 saturated heterocycles. The maximum absolute atomic E-state index is 4.95. The Balaban J connectivity index is 1.05. The molecule has 0 amide bonds. The monoisotopic (exact) mass is 538 g/mol. The third-order valence-corrected chi connectivity index (χ3v) is 8.10. The molecule has 1 unspecified atom stereocenters. The molecule has 8 rings (SSSR count). The van der Waals surface area contributed by atoms with Gasteiger partial charge in [-0.25, -0.2) is 4.98 Å². The third-order valence-electron chi connectivity index (χ3n) is 8.10. The molecule has 2 aliphatic rings. The van der Waals surface area contributed by atoms with Crippen LogP contribution in [0.5, 0.6) is 0 Å². The molecular weight excluding hydrogens is 512 g/mol. The zero-order valence-electron chi connectivity index (χ0n) is 23.3. The van der Waals surface area contributed by atoms with Gasteiger partial charge in [-0.1, -0.05) is 91.0 Å². The van der Waals surface area contributed by atoms with E-state index in [1.54, 1.807) is 0 Å². The highest BCUT2D eigenvalue weighted by Crippen LogP contribution is 2.36. The fourth-order valence-corrected chi connectivity index (χ4v) is 5.82. The van der Waals surface area contributed by atoms with Crippen LogP contribution >= 0.6 is 0 Å². The highest BCUT2D eigenvalue weighted by molar-refractivity contribution is 6.02. The zero-order valence-corrected chi connectivity index (χ0v) is 23.3. The van der Waals surface area contributed by atoms with Gasteiger partial charge in [-0.15, -0.1) is 0 Å². The average molecular weight is 539 g/mol. The Morgan fingerprint density at radius 1 is 0.595 bits per heavy atom. The molecule has 4 heteroatoms. The van der Waals surface area contributed by atoms with Crippen molar-refractivity contribution >= 4 is 33.6 Å². The number of nitrogens with one attached hydrogen (secondary N) is 1. The molecule has 4 heterocycles. The quantitative estimate of drug-likeness (QED) is 0.246. The van der Waals surface area contributed by atoms with Gasteiger partial charge in [-0.05, 0) is 72.0 Å². The predicted octanol–water partition coefficient (Wildman–Crippen LogP) is 8.37. The maximum atomic E-state index is 4.95. The van der Waals surface area contributed by atoms with Crippen LogP contribution < -0.4 is 5.32 Å². The van der Waals surface area contributed by atoms with E-state index < -0.39 is 0 Å². The van der Waals surface area contributed by atoms with Crippen molar-refractivity contribution in [3.05, 3.63) is 149 Å². The van der Waals surface area contributed by atoms with Gasteiger partial charge in [-0.3, -0.25) is 9.97 Å². The minimum Gasteiger partial charge on any atom is -0.372 e. The number of pyridine rings is 2. The van der Waals surface area contributed by atoms with E-state index in [9.17, 15) is 0 Å². The summed E-state index contributed by atoms with van der Waals surface area (Å²) in [5.74, 6) is 0. The molecule has 42 heavy (non-hydrogen) atoms. The fraction of sp³-hybridized carbons (Fsp3) is 0.0789. The molecule has 4 nitrogen and oxygen atoms in total. The first-order chi connectivity index (χ1) is 20.6. The SMILES string of the molecule is Cc1ccc2c(n1)C1NC(c3ccc(-c4ccc(-c5c#cc6ccc7ccc(C)nc7c6n5)cc4)cc3)=CC=C1C=C2. The summed E-state index contributed by atoms with van der Waals surface area (Å²) >= 11 is 0. The van der Waals surface area contributed by atoms with E-state index in [2.05, 4.69) is 115 Å². The van der Waals surface area contributed by atoms with Gasteiger partial charge >= 0.3 is 0 Å². The van der Waals surface area contributed by atoms with Crippen molar-refractivity contribution in [1.82, 2.24) is 20.3 Å². The van der Waals surface area contributed by atoms with Gasteiger partial charge in [0.1, 0.15) is 11.2 Å². The normalized spacial score (nSPS) is 15.3. The largest absolute Gasteiger partial charge is 0.372 e. The second-order valence-corrected chi connectivity index (χ2v) is 10.9. The highest BCUT2D eigenvalue weighted by atomic mass is 15.0. The molecule has 1 aliphatic heterocycles. The van der Waals surface area contributed by atoms with E-state index in [4.69, 9.17) is 15.0 Å². The summed E-state index contributed by atoms with van der Waals surface area (Å²) in [5, 5.41) is 5.73. The van der Waals surface area contributed by atoms with Gasteiger partial charge in [0, 0.05) is 28.0 Å². The van der Waals surface area contributed by atoms with Gasteiger partial charge in [0.05, 0.1) is 22.6 Å². The summed E-state index contributed by atoms with van der Waals surface area (Å²) in [6.45, 7) is 4.05. The summed E-state index contributed by atoms with van der Waals surface area (Å²) in [4.78, 5) is 14.6. The molecule has 6 aromatic rings. The van der Waals surface area contributed by atoms with Crippen LogP contribution in [0.1, 0.15) is 34.3 Å². The van der Waals surface area contributed by atoms with Crippen LogP contribution in [0.3, 0.4) is 0 Å². The molecule has 0 bridgehead atoms. The van der Waals surface area contributed by atoms with Crippen molar-refractivity contribution in [2.45, 2.75) is 19.9 Å². The van der Waals surface area contributed by atoms with Crippen LogP contribution in [0.25, 0.3) is 56.0 Å². The first-order valence-corrected chi connectivity index (χ1v) is 14.2. The number of fused-ring (bicyclic) bond motifs is 6.